The summed E-state index contributed by atoms with van der Waals surface area (Å²) in [4.78, 5) is 0. The van der Waals surface area contributed by atoms with Gasteiger partial charge >= 0.3 is 0 Å². The molecule has 0 spiro atoms. The molecule has 0 heteroatoms. The molecule has 0 heterocycles. The van der Waals surface area contributed by atoms with Crippen LogP contribution in [0.1, 0.15) is 175 Å². The van der Waals surface area contributed by atoms with E-state index in [1.165, 1.54) is 23.1 Å². The first-order chi connectivity index (χ1) is 16.2. The van der Waals surface area contributed by atoms with Crippen LogP contribution >= 0.6 is 0 Å². The third kappa shape index (κ3) is 8.35. The molecular formula is C37H72. The van der Waals surface area contributed by atoms with Gasteiger partial charge in [0.2, 0.25) is 0 Å². The van der Waals surface area contributed by atoms with Gasteiger partial charge < -0.3 is 0 Å². The lowest BCUT2D eigenvalue weighted by Gasteiger charge is -2.55. The van der Waals surface area contributed by atoms with Crippen molar-refractivity contribution in [1.82, 2.24) is 0 Å². The van der Waals surface area contributed by atoms with Crippen LogP contribution in [0.15, 0.2) is 18.2 Å². The fourth-order valence-corrected chi connectivity index (χ4v) is 5.61. The monoisotopic (exact) mass is 517 g/mol. The summed E-state index contributed by atoms with van der Waals surface area (Å²) in [6, 6.07) is 7.61. The molecule has 0 fully saturated rings. The van der Waals surface area contributed by atoms with Gasteiger partial charge in [-0.05, 0) is 66.9 Å². The summed E-state index contributed by atoms with van der Waals surface area (Å²) < 4.78 is 0. The van der Waals surface area contributed by atoms with Crippen molar-refractivity contribution in [2.75, 3.05) is 0 Å². The minimum Gasteiger partial charge on any atom is -0.0683 e. The van der Waals surface area contributed by atoms with Gasteiger partial charge in [0.1, 0.15) is 0 Å². The third-order valence-electron chi connectivity index (χ3n) is 10.5. The summed E-state index contributed by atoms with van der Waals surface area (Å²) in [6.45, 7) is 51.7. The second-order valence-electron chi connectivity index (χ2n) is 16.4. The van der Waals surface area contributed by atoms with Crippen LogP contribution < -0.4 is 0 Å². The molecule has 220 valence electrons. The predicted octanol–water partition coefficient (Wildman–Crippen LogP) is 12.8. The summed E-state index contributed by atoms with van der Waals surface area (Å²) in [5.74, 6) is 0.610. The summed E-state index contributed by atoms with van der Waals surface area (Å²) in [5, 5.41) is 0. The van der Waals surface area contributed by atoms with E-state index >= 15 is 0 Å². The largest absolute Gasteiger partial charge is 0.0683 e. The van der Waals surface area contributed by atoms with E-state index in [9.17, 15) is 0 Å². The Bertz CT molecular complexity index is 811. The maximum Gasteiger partial charge on any atom is -0.00470 e. The van der Waals surface area contributed by atoms with E-state index in [0.717, 1.165) is 0 Å². The predicted molar refractivity (Wildman–Crippen MR) is 174 cm³/mol. The van der Waals surface area contributed by atoms with Crippen LogP contribution in [-0.4, -0.2) is 0 Å². The normalized spacial score (nSPS) is 14.0. The maximum absolute atomic E-state index is 2.57. The smallest absolute Gasteiger partial charge is 0.00470 e. The molecule has 0 aromatic heterocycles. The Balaban J connectivity index is 0. The van der Waals surface area contributed by atoms with Crippen molar-refractivity contribution >= 4 is 0 Å². The average Bonchev–Trinajstić information content (AvgIpc) is 2.73. The molecule has 0 radical (unpaired) electrons. The highest BCUT2D eigenvalue weighted by atomic mass is 14.5. The van der Waals surface area contributed by atoms with E-state index in [0.29, 0.717) is 11.3 Å². The Morgan fingerprint density at radius 2 is 0.838 bits per heavy atom. The lowest BCUT2D eigenvalue weighted by atomic mass is 9.49. The first-order valence-electron chi connectivity index (χ1n) is 15.4. The molecule has 0 N–H and O–H groups in total. The second-order valence-corrected chi connectivity index (χ2v) is 16.4. The van der Waals surface area contributed by atoms with Crippen molar-refractivity contribution in [2.45, 2.75) is 175 Å². The highest BCUT2D eigenvalue weighted by molar-refractivity contribution is 5.42. The summed E-state index contributed by atoms with van der Waals surface area (Å²) >= 11 is 0. The van der Waals surface area contributed by atoms with Gasteiger partial charge in [-0.3, -0.25) is 0 Å². The van der Waals surface area contributed by atoms with Gasteiger partial charge in [0, 0.05) is 0 Å². The van der Waals surface area contributed by atoms with E-state index in [2.05, 4.69) is 143 Å². The van der Waals surface area contributed by atoms with Crippen LogP contribution in [0.3, 0.4) is 0 Å². The van der Waals surface area contributed by atoms with Crippen LogP contribution in [0.25, 0.3) is 0 Å². The fourth-order valence-electron chi connectivity index (χ4n) is 5.61. The summed E-state index contributed by atoms with van der Waals surface area (Å²) in [6.07, 6.45) is 1.19. The molecule has 0 atom stereocenters. The molecular weight excluding hydrogens is 444 g/mol. The lowest BCUT2D eigenvalue weighted by molar-refractivity contribution is -0.00759. The zero-order chi connectivity index (χ0) is 30.6. The third-order valence-corrected chi connectivity index (χ3v) is 10.5. The zero-order valence-corrected chi connectivity index (χ0v) is 30.0. The average molecular weight is 517 g/mol. The Morgan fingerprint density at radius 3 is 1.14 bits per heavy atom. The number of hydrogen-bond acceptors (Lipinski definition) is 0. The highest BCUT2D eigenvalue weighted by Gasteiger charge is 2.50. The molecule has 1 rings (SSSR count). The Kier molecular flexibility index (Phi) is 13.1. The summed E-state index contributed by atoms with van der Waals surface area (Å²) in [5.41, 5.74) is 5.44. The van der Waals surface area contributed by atoms with Crippen molar-refractivity contribution in [3.05, 3.63) is 34.9 Å². The minimum atomic E-state index is 0.0288. The van der Waals surface area contributed by atoms with Crippen LogP contribution in [0.4, 0.5) is 0 Å². The van der Waals surface area contributed by atoms with E-state index in [4.69, 9.17) is 0 Å². The van der Waals surface area contributed by atoms with E-state index in [1.807, 2.05) is 27.7 Å². The van der Waals surface area contributed by atoms with E-state index in [-0.39, 0.29) is 32.5 Å². The Hall–Kier alpha value is -0.780. The Labute approximate surface area is 237 Å². The van der Waals surface area contributed by atoms with Gasteiger partial charge in [-0.1, -0.05) is 171 Å². The molecule has 0 saturated heterocycles. The summed E-state index contributed by atoms with van der Waals surface area (Å²) in [7, 11) is 0. The van der Waals surface area contributed by atoms with Crippen molar-refractivity contribution < 1.29 is 0 Å². The molecule has 0 bridgehead atoms. The second kappa shape index (κ2) is 12.6. The topological polar surface area (TPSA) is 0 Å². The minimum absolute atomic E-state index is 0.0288. The molecule has 0 aliphatic rings. The van der Waals surface area contributed by atoms with Crippen LogP contribution in [0.5, 0.6) is 0 Å². The molecule has 0 aliphatic carbocycles. The quantitative estimate of drug-likeness (QED) is 0.338. The molecule has 0 aliphatic heterocycles. The SMILES string of the molecule is CC.CC.CC(C)C(C)(C)C(C)(C)C(C)(C)c1cc(C(C)(C)C)cc(C(C)(C)C(C)(C)CC(C)(C)C)c1. The number of rotatable bonds is 7. The van der Waals surface area contributed by atoms with Crippen molar-refractivity contribution in [2.24, 2.45) is 27.6 Å². The van der Waals surface area contributed by atoms with Crippen LogP contribution in [-0.2, 0) is 16.2 Å². The molecule has 1 aromatic carbocycles. The molecule has 1 aromatic rings. The van der Waals surface area contributed by atoms with Crippen LogP contribution in [0, 0.1) is 27.6 Å². The molecule has 0 saturated carbocycles. The fraction of sp³-hybridized carbons (Fsp3) is 0.838. The van der Waals surface area contributed by atoms with Crippen molar-refractivity contribution in [3.8, 4) is 0 Å². The molecule has 37 heavy (non-hydrogen) atoms. The van der Waals surface area contributed by atoms with Gasteiger partial charge in [-0.15, -0.1) is 0 Å². The number of hydrogen-bond donors (Lipinski definition) is 0. The Morgan fingerprint density at radius 1 is 0.514 bits per heavy atom. The maximum atomic E-state index is 2.57. The van der Waals surface area contributed by atoms with Crippen molar-refractivity contribution in [3.63, 3.8) is 0 Å². The van der Waals surface area contributed by atoms with Crippen molar-refractivity contribution in [1.29, 1.82) is 0 Å². The van der Waals surface area contributed by atoms with E-state index < -0.39 is 0 Å². The first kappa shape index (κ1) is 38.4. The van der Waals surface area contributed by atoms with Gasteiger partial charge in [-0.25, -0.2) is 0 Å². The van der Waals surface area contributed by atoms with E-state index in [1.54, 1.807) is 0 Å². The molecule has 0 nitrogen and oxygen atoms in total. The molecule has 0 unspecified atom stereocenters. The van der Waals surface area contributed by atoms with Gasteiger partial charge in [-0.2, -0.15) is 0 Å². The van der Waals surface area contributed by atoms with Gasteiger partial charge in [0.05, 0.1) is 0 Å². The standard InChI is InChI=1S/C33H60.2C2H6/c1-23(2)30(11,12)33(17,18)32(15,16)26-20-24(28(6,7)8)19-25(21-26)31(13,14)29(9,10)22-27(3,4)5;2*1-2/h19-21,23H,22H2,1-18H3;2*1-2H3. The zero-order valence-electron chi connectivity index (χ0n) is 30.0. The lowest BCUT2D eigenvalue weighted by Crippen LogP contribution is -2.49. The van der Waals surface area contributed by atoms with Gasteiger partial charge in [0.15, 0.2) is 0 Å². The highest BCUT2D eigenvalue weighted by Crippen LogP contribution is 2.57. The van der Waals surface area contributed by atoms with Crippen LogP contribution in [0.2, 0.25) is 0 Å². The molecule has 0 amide bonds. The first-order valence-corrected chi connectivity index (χ1v) is 15.4. The number of benzene rings is 1. The van der Waals surface area contributed by atoms with Gasteiger partial charge in [0.25, 0.3) is 0 Å².